The maximum absolute atomic E-state index is 12.0. The van der Waals surface area contributed by atoms with Gasteiger partial charge in [-0.3, -0.25) is 9.48 Å². The van der Waals surface area contributed by atoms with Gasteiger partial charge in [-0.15, -0.1) is 0 Å². The normalized spacial score (nSPS) is 14.8. The quantitative estimate of drug-likeness (QED) is 0.521. The van der Waals surface area contributed by atoms with Gasteiger partial charge in [0, 0.05) is 12.2 Å². The van der Waals surface area contributed by atoms with Gasteiger partial charge in [0.1, 0.15) is 9.77 Å². The summed E-state index contributed by atoms with van der Waals surface area (Å²) in [6.45, 7) is 4.01. The van der Waals surface area contributed by atoms with Crippen molar-refractivity contribution in [3.8, 4) is 0 Å². The van der Waals surface area contributed by atoms with Crippen LogP contribution in [0.5, 0.6) is 0 Å². The molecule has 9 nitrogen and oxygen atoms in total. The molecule has 2 N–H and O–H groups in total. The summed E-state index contributed by atoms with van der Waals surface area (Å²) in [6, 6.07) is 0.286. The van der Waals surface area contributed by atoms with Gasteiger partial charge in [-0.05, 0) is 25.7 Å². The minimum absolute atomic E-state index is 0. The molecule has 0 aliphatic heterocycles. The molecule has 1 fully saturated rings. The molecule has 1 aliphatic carbocycles. The minimum Gasteiger partial charge on any atom is -0.477 e. The van der Waals surface area contributed by atoms with Gasteiger partial charge in [0.25, 0.3) is 0 Å². The number of nitrogens with one attached hydrogen (secondary N) is 1. The smallest absolute Gasteiger partial charge is 0.347 e. The Morgan fingerprint density at radius 2 is 2.06 bits per heavy atom. The Morgan fingerprint density at radius 1 is 1.39 bits per heavy atom. The number of carboxylic acid groups (broad SMARTS) is 1. The van der Waals surface area contributed by atoms with Gasteiger partial charge in [0.15, 0.2) is 15.0 Å². The average Bonchev–Trinajstić information content (AvgIpc) is 3.44. The first-order valence-electron chi connectivity index (χ1n) is 9.93. The molecule has 1 amide bonds. The van der Waals surface area contributed by atoms with Crippen molar-refractivity contribution in [1.29, 1.82) is 0 Å². The lowest BCUT2D eigenvalue weighted by atomic mass is 10.00. The number of aromatic carboxylic acids is 1. The molecule has 0 saturated heterocycles. The molecular weight excluding hydrogens is 440 g/mol. The van der Waals surface area contributed by atoms with Crippen LogP contribution in [0, 0.1) is 5.92 Å². The second kappa shape index (κ2) is 12.6. The van der Waals surface area contributed by atoms with E-state index in [1.807, 2.05) is 11.6 Å². The number of amides is 1. The Labute approximate surface area is 187 Å². The SMILES string of the molecule is C.CCCS(=O)(=O)c1cnn(C(C)CC2CCCC2)c1.O=CNc1ncc(C(=O)O)s1. The molecule has 1 atom stereocenters. The van der Waals surface area contributed by atoms with Gasteiger partial charge < -0.3 is 10.4 Å². The monoisotopic (exact) mass is 472 g/mol. The van der Waals surface area contributed by atoms with E-state index in [2.05, 4.69) is 22.3 Å². The first-order chi connectivity index (χ1) is 14.3. The molecule has 0 aromatic carbocycles. The summed E-state index contributed by atoms with van der Waals surface area (Å²) < 4.78 is 25.7. The lowest BCUT2D eigenvalue weighted by Gasteiger charge is -2.16. The molecule has 1 unspecified atom stereocenters. The number of rotatable bonds is 9. The number of aromatic nitrogens is 3. The third-order valence-corrected chi connectivity index (χ3v) is 7.70. The van der Waals surface area contributed by atoms with Gasteiger partial charge in [-0.1, -0.05) is 51.4 Å². The highest BCUT2D eigenvalue weighted by Crippen LogP contribution is 2.31. The largest absolute Gasteiger partial charge is 0.477 e. The Kier molecular flexibility index (Phi) is 10.8. The number of carboxylic acids is 1. The van der Waals surface area contributed by atoms with Crippen LogP contribution in [0.1, 0.15) is 75.5 Å². The van der Waals surface area contributed by atoms with E-state index in [1.165, 1.54) is 38.1 Å². The van der Waals surface area contributed by atoms with Gasteiger partial charge >= 0.3 is 5.97 Å². The molecule has 2 aromatic rings. The van der Waals surface area contributed by atoms with Crippen LogP contribution in [0.2, 0.25) is 0 Å². The fraction of sp³-hybridized carbons (Fsp3) is 0.600. The lowest BCUT2D eigenvalue weighted by molar-refractivity contribution is -0.105. The van der Waals surface area contributed by atoms with E-state index in [1.54, 1.807) is 6.20 Å². The second-order valence-electron chi connectivity index (χ2n) is 7.31. The summed E-state index contributed by atoms with van der Waals surface area (Å²) in [5, 5.41) is 15.2. The van der Waals surface area contributed by atoms with Crippen LogP contribution in [-0.2, 0) is 14.6 Å². The van der Waals surface area contributed by atoms with E-state index >= 15 is 0 Å². The van der Waals surface area contributed by atoms with Crippen molar-refractivity contribution in [2.45, 2.75) is 70.7 Å². The first-order valence-corrected chi connectivity index (χ1v) is 12.4. The maximum Gasteiger partial charge on any atom is 0.347 e. The number of nitrogens with zero attached hydrogens (tertiary/aromatic N) is 3. The van der Waals surface area contributed by atoms with Gasteiger partial charge in [0.05, 0.1) is 18.1 Å². The number of anilines is 1. The number of carbonyl (C=O) groups excluding carboxylic acids is 1. The third-order valence-electron chi connectivity index (χ3n) is 4.91. The number of sulfone groups is 1. The van der Waals surface area contributed by atoms with E-state index in [-0.39, 0.29) is 29.2 Å². The summed E-state index contributed by atoms with van der Waals surface area (Å²) in [5.74, 6) is -0.0493. The van der Waals surface area contributed by atoms with Crippen LogP contribution < -0.4 is 5.32 Å². The molecule has 174 valence electrons. The molecule has 3 rings (SSSR count). The Balaban J connectivity index is 0.000000344. The Morgan fingerprint density at radius 3 is 2.61 bits per heavy atom. The summed E-state index contributed by atoms with van der Waals surface area (Å²) in [5.41, 5.74) is 0. The number of thiazole rings is 1. The molecule has 1 aliphatic rings. The van der Waals surface area contributed by atoms with Crippen LogP contribution in [0.3, 0.4) is 0 Å². The van der Waals surface area contributed by atoms with Crippen molar-refractivity contribution in [1.82, 2.24) is 14.8 Å². The van der Waals surface area contributed by atoms with E-state index in [0.29, 0.717) is 17.7 Å². The molecule has 0 spiro atoms. The Hall–Kier alpha value is -2.27. The standard InChI is InChI=1S/C14H24N2O2S.C5H4N2O3S.CH4/c1-3-8-19(17,18)14-10-15-16(11-14)12(2)9-13-6-4-5-7-13;8-2-7-5-6-1-3(11-5)4(9)10;/h10-13H,3-9H2,1-2H3;1-2H,(H,9,10)(H,6,7,8);1H4. The summed E-state index contributed by atoms with van der Waals surface area (Å²) in [4.78, 5) is 24.2. The van der Waals surface area contributed by atoms with Crippen molar-refractivity contribution in [3.63, 3.8) is 0 Å². The third kappa shape index (κ3) is 8.06. The van der Waals surface area contributed by atoms with Gasteiger partial charge in [-0.2, -0.15) is 5.10 Å². The van der Waals surface area contributed by atoms with Gasteiger partial charge in [-0.25, -0.2) is 18.2 Å². The average molecular weight is 473 g/mol. The molecule has 2 aromatic heterocycles. The fourth-order valence-corrected chi connectivity index (χ4v) is 5.30. The van der Waals surface area contributed by atoms with Crippen molar-refractivity contribution < 1.29 is 23.1 Å². The summed E-state index contributed by atoms with van der Waals surface area (Å²) >= 11 is 0.913. The summed E-state index contributed by atoms with van der Waals surface area (Å²) in [6.07, 6.45) is 11.9. The summed E-state index contributed by atoms with van der Waals surface area (Å²) in [7, 11) is -3.13. The van der Waals surface area contributed by atoms with E-state index in [4.69, 9.17) is 5.11 Å². The topological polar surface area (TPSA) is 131 Å². The highest BCUT2D eigenvalue weighted by molar-refractivity contribution is 7.91. The second-order valence-corrected chi connectivity index (χ2v) is 10.4. The van der Waals surface area contributed by atoms with Crippen LogP contribution in [0.15, 0.2) is 23.5 Å². The van der Waals surface area contributed by atoms with Crippen molar-refractivity contribution in [2.75, 3.05) is 11.1 Å². The minimum atomic E-state index is -3.13. The van der Waals surface area contributed by atoms with E-state index < -0.39 is 15.8 Å². The number of carbonyl (C=O) groups is 2. The predicted octanol–water partition coefficient (Wildman–Crippen LogP) is 4.25. The van der Waals surface area contributed by atoms with Crippen LogP contribution in [0.25, 0.3) is 0 Å². The molecule has 2 heterocycles. The molecule has 0 radical (unpaired) electrons. The zero-order valence-corrected chi connectivity index (χ0v) is 18.8. The molecule has 11 heteroatoms. The van der Waals surface area contributed by atoms with Crippen LogP contribution >= 0.6 is 11.3 Å². The van der Waals surface area contributed by atoms with Crippen LogP contribution in [0.4, 0.5) is 5.13 Å². The highest BCUT2D eigenvalue weighted by Gasteiger charge is 2.21. The molecule has 31 heavy (non-hydrogen) atoms. The molecular formula is C20H32N4O5S2. The first kappa shape index (κ1) is 26.8. The zero-order valence-electron chi connectivity index (χ0n) is 17.2. The predicted molar refractivity (Wildman–Crippen MR) is 121 cm³/mol. The molecule has 1 saturated carbocycles. The lowest BCUT2D eigenvalue weighted by Crippen LogP contribution is -2.10. The van der Waals surface area contributed by atoms with Crippen molar-refractivity contribution in [3.05, 3.63) is 23.5 Å². The number of hydrogen-bond donors (Lipinski definition) is 2. The maximum atomic E-state index is 12.0. The molecule has 0 bridgehead atoms. The number of hydrogen-bond acceptors (Lipinski definition) is 7. The van der Waals surface area contributed by atoms with Crippen molar-refractivity contribution >= 4 is 38.7 Å². The van der Waals surface area contributed by atoms with E-state index in [0.717, 1.165) is 23.7 Å². The fourth-order valence-electron chi connectivity index (χ4n) is 3.44. The van der Waals surface area contributed by atoms with Gasteiger partial charge in [0.2, 0.25) is 6.41 Å². The van der Waals surface area contributed by atoms with Crippen LogP contribution in [-0.4, -0.2) is 46.4 Å². The zero-order chi connectivity index (χ0) is 22.1. The van der Waals surface area contributed by atoms with E-state index in [9.17, 15) is 18.0 Å². The Bertz CT molecular complexity index is 933. The van der Waals surface area contributed by atoms with Crippen molar-refractivity contribution in [2.24, 2.45) is 5.92 Å². The highest BCUT2D eigenvalue weighted by atomic mass is 32.2.